The Bertz CT molecular complexity index is 505. The van der Waals surface area contributed by atoms with E-state index < -0.39 is 11.4 Å². The molecular formula is C16H23ClFNO2. The zero-order chi connectivity index (χ0) is 14.5. The van der Waals surface area contributed by atoms with Crippen molar-refractivity contribution in [3.63, 3.8) is 0 Å². The first-order valence-electron chi connectivity index (χ1n) is 7.28. The predicted octanol–water partition coefficient (Wildman–Crippen LogP) is 2.75. The third-order valence-electron chi connectivity index (χ3n) is 4.93. The Labute approximate surface area is 131 Å². The van der Waals surface area contributed by atoms with Crippen molar-refractivity contribution in [3.8, 4) is 5.75 Å². The van der Waals surface area contributed by atoms with Gasteiger partial charge in [0, 0.05) is 18.5 Å². The van der Waals surface area contributed by atoms with Crippen molar-refractivity contribution in [1.82, 2.24) is 4.90 Å². The predicted molar refractivity (Wildman–Crippen MR) is 82.1 cm³/mol. The van der Waals surface area contributed by atoms with Crippen LogP contribution in [0, 0.1) is 23.6 Å². The van der Waals surface area contributed by atoms with E-state index in [0.29, 0.717) is 11.5 Å². The number of aromatic hydroxyl groups is 1. The summed E-state index contributed by atoms with van der Waals surface area (Å²) in [7, 11) is 3.98. The Morgan fingerprint density at radius 3 is 2.62 bits per heavy atom. The molecule has 2 aliphatic carbocycles. The molecule has 0 bridgehead atoms. The second-order valence-corrected chi connectivity index (χ2v) is 6.66. The van der Waals surface area contributed by atoms with Crippen LogP contribution in [0.1, 0.15) is 24.8 Å². The van der Waals surface area contributed by atoms with E-state index in [1.165, 1.54) is 12.1 Å². The lowest BCUT2D eigenvalue weighted by Gasteiger charge is -2.42. The lowest BCUT2D eigenvalue weighted by atomic mass is 9.71. The van der Waals surface area contributed by atoms with Crippen molar-refractivity contribution in [2.75, 3.05) is 20.6 Å². The van der Waals surface area contributed by atoms with Gasteiger partial charge in [-0.3, -0.25) is 0 Å². The van der Waals surface area contributed by atoms with Crippen molar-refractivity contribution >= 4 is 12.4 Å². The van der Waals surface area contributed by atoms with Gasteiger partial charge in [-0.25, -0.2) is 4.39 Å². The normalized spacial score (nSPS) is 34.2. The highest BCUT2D eigenvalue weighted by molar-refractivity contribution is 5.85. The topological polar surface area (TPSA) is 43.7 Å². The summed E-state index contributed by atoms with van der Waals surface area (Å²) in [4.78, 5) is 2.07. The number of aliphatic hydroxyl groups is 1. The first-order valence-corrected chi connectivity index (χ1v) is 7.28. The van der Waals surface area contributed by atoms with Crippen LogP contribution >= 0.6 is 12.4 Å². The number of hydrogen-bond donors (Lipinski definition) is 2. The molecule has 3 rings (SSSR count). The molecule has 0 amide bonds. The molecule has 0 heterocycles. The number of halogens is 2. The molecule has 2 N–H and O–H groups in total. The summed E-state index contributed by atoms with van der Waals surface area (Å²) in [5.74, 6) is 0.258. The number of benzene rings is 1. The minimum absolute atomic E-state index is 0. The van der Waals surface area contributed by atoms with E-state index in [0.717, 1.165) is 31.9 Å². The van der Waals surface area contributed by atoms with Gasteiger partial charge in [0.1, 0.15) is 11.6 Å². The summed E-state index contributed by atoms with van der Waals surface area (Å²) >= 11 is 0. The summed E-state index contributed by atoms with van der Waals surface area (Å²) in [5, 5.41) is 21.0. The van der Waals surface area contributed by atoms with Crippen LogP contribution in [0.2, 0.25) is 0 Å². The molecule has 4 unspecified atom stereocenters. The minimum Gasteiger partial charge on any atom is -0.508 e. The Kier molecular flexibility index (Phi) is 4.52. The molecule has 0 aromatic heterocycles. The Morgan fingerprint density at radius 2 is 2.00 bits per heavy atom. The van der Waals surface area contributed by atoms with Crippen LogP contribution in [0.25, 0.3) is 0 Å². The molecule has 118 valence electrons. The number of phenols is 1. The highest BCUT2D eigenvalue weighted by Crippen LogP contribution is 2.61. The van der Waals surface area contributed by atoms with Gasteiger partial charge in [-0.15, -0.1) is 12.4 Å². The summed E-state index contributed by atoms with van der Waals surface area (Å²) < 4.78 is 13.6. The second-order valence-electron chi connectivity index (χ2n) is 6.66. The molecule has 1 aromatic carbocycles. The van der Waals surface area contributed by atoms with Gasteiger partial charge in [-0.2, -0.15) is 0 Å². The van der Waals surface area contributed by atoms with Crippen molar-refractivity contribution < 1.29 is 14.6 Å². The number of nitrogens with zero attached hydrogens (tertiary/aromatic N) is 1. The maximum absolute atomic E-state index is 13.6. The maximum Gasteiger partial charge on any atom is 0.127 e. The van der Waals surface area contributed by atoms with E-state index in [4.69, 9.17) is 0 Å². The lowest BCUT2D eigenvalue weighted by molar-refractivity contribution is -0.0753. The average Bonchev–Trinajstić information content (AvgIpc) is 3.11. The summed E-state index contributed by atoms with van der Waals surface area (Å²) in [6.07, 6.45) is 3.11. The summed E-state index contributed by atoms with van der Waals surface area (Å²) in [6.45, 7) is 0.775. The second kappa shape index (κ2) is 5.75. The van der Waals surface area contributed by atoms with Gasteiger partial charge >= 0.3 is 0 Å². The van der Waals surface area contributed by atoms with E-state index in [2.05, 4.69) is 4.90 Å². The van der Waals surface area contributed by atoms with Crippen LogP contribution in [0.15, 0.2) is 18.2 Å². The molecule has 2 fully saturated rings. The third-order valence-corrected chi connectivity index (χ3v) is 4.93. The van der Waals surface area contributed by atoms with Crippen LogP contribution < -0.4 is 0 Å². The molecule has 1 aromatic rings. The molecule has 3 nitrogen and oxygen atoms in total. The Morgan fingerprint density at radius 1 is 1.29 bits per heavy atom. The monoisotopic (exact) mass is 315 g/mol. The third kappa shape index (κ3) is 2.89. The van der Waals surface area contributed by atoms with Crippen LogP contribution in [0.5, 0.6) is 5.75 Å². The molecule has 2 aliphatic rings. The fourth-order valence-electron chi connectivity index (χ4n) is 3.97. The van der Waals surface area contributed by atoms with Crippen LogP contribution in [-0.2, 0) is 5.60 Å². The number of phenolic OH excluding ortho intramolecular Hbond substituents is 1. The maximum atomic E-state index is 13.6. The molecule has 21 heavy (non-hydrogen) atoms. The first-order chi connectivity index (χ1) is 9.41. The molecule has 0 radical (unpaired) electrons. The van der Waals surface area contributed by atoms with Gasteiger partial charge in [-0.1, -0.05) is 0 Å². The SMILES string of the molecule is CN(C)CC1CCC2CC2C1(O)c1cc(O)cc(F)c1.Cl. The van der Waals surface area contributed by atoms with Gasteiger partial charge in [0.2, 0.25) is 0 Å². The van der Waals surface area contributed by atoms with Gasteiger partial charge < -0.3 is 15.1 Å². The minimum atomic E-state index is -1.01. The van der Waals surface area contributed by atoms with Crippen molar-refractivity contribution in [2.24, 2.45) is 17.8 Å². The summed E-state index contributed by atoms with van der Waals surface area (Å²) in [5.41, 5.74) is -0.471. The first kappa shape index (κ1) is 16.5. The Balaban J connectivity index is 0.00000161. The lowest BCUT2D eigenvalue weighted by Crippen LogP contribution is -2.45. The highest BCUT2D eigenvalue weighted by atomic mass is 35.5. The van der Waals surface area contributed by atoms with Gasteiger partial charge in [0.05, 0.1) is 5.60 Å². The molecular weight excluding hydrogens is 293 g/mol. The largest absolute Gasteiger partial charge is 0.508 e. The summed E-state index contributed by atoms with van der Waals surface area (Å²) in [6, 6.07) is 3.98. The molecule has 0 aliphatic heterocycles. The van der Waals surface area contributed by atoms with Crippen molar-refractivity contribution in [2.45, 2.75) is 24.9 Å². The number of rotatable bonds is 3. The van der Waals surface area contributed by atoms with Crippen LogP contribution in [0.4, 0.5) is 4.39 Å². The molecule has 0 saturated heterocycles. The quantitative estimate of drug-likeness (QED) is 0.901. The highest BCUT2D eigenvalue weighted by Gasteiger charge is 2.59. The Hall–Kier alpha value is -0.840. The fraction of sp³-hybridized carbons (Fsp3) is 0.625. The van der Waals surface area contributed by atoms with Gasteiger partial charge in [0.25, 0.3) is 0 Å². The standard InChI is InChI=1S/C16H22FNO2.ClH/c1-18(2)9-11-4-3-10-5-15(10)16(11,20)12-6-13(17)8-14(19)7-12;/h6-8,10-11,15,19-20H,3-5,9H2,1-2H3;1H. The zero-order valence-corrected chi connectivity index (χ0v) is 13.2. The average molecular weight is 316 g/mol. The smallest absolute Gasteiger partial charge is 0.127 e. The molecule has 2 saturated carbocycles. The van der Waals surface area contributed by atoms with E-state index in [9.17, 15) is 14.6 Å². The number of hydrogen-bond acceptors (Lipinski definition) is 3. The number of fused-ring (bicyclic) bond motifs is 1. The molecule has 0 spiro atoms. The zero-order valence-electron chi connectivity index (χ0n) is 12.4. The van der Waals surface area contributed by atoms with E-state index >= 15 is 0 Å². The molecule has 4 atom stereocenters. The van der Waals surface area contributed by atoms with Crippen LogP contribution in [0.3, 0.4) is 0 Å². The van der Waals surface area contributed by atoms with Gasteiger partial charge in [-0.05, 0) is 62.9 Å². The van der Waals surface area contributed by atoms with Gasteiger partial charge in [0.15, 0.2) is 0 Å². The van der Waals surface area contributed by atoms with Crippen molar-refractivity contribution in [3.05, 3.63) is 29.6 Å². The molecule has 5 heteroatoms. The van der Waals surface area contributed by atoms with Crippen molar-refractivity contribution in [1.29, 1.82) is 0 Å². The van der Waals surface area contributed by atoms with E-state index in [1.807, 2.05) is 14.1 Å². The van der Waals surface area contributed by atoms with E-state index in [-0.39, 0.29) is 30.0 Å². The van der Waals surface area contributed by atoms with E-state index in [1.54, 1.807) is 0 Å². The fourth-order valence-corrected chi connectivity index (χ4v) is 3.97. The van der Waals surface area contributed by atoms with Crippen LogP contribution in [-0.4, -0.2) is 35.8 Å².